The molecule has 1 amide bonds. The van der Waals surface area contributed by atoms with Gasteiger partial charge in [0.1, 0.15) is 5.25 Å². The molecular weight excluding hydrogens is 346 g/mol. The van der Waals surface area contributed by atoms with Crippen molar-refractivity contribution in [3.8, 4) is 0 Å². The van der Waals surface area contributed by atoms with Crippen LogP contribution >= 0.6 is 27.5 Å². The fraction of sp³-hybridized carbons (Fsp3) is 0.333. The Hall–Kier alpha value is -0.700. The maximum absolute atomic E-state index is 11.8. The van der Waals surface area contributed by atoms with Crippen molar-refractivity contribution in [3.05, 3.63) is 21.9 Å². The van der Waals surface area contributed by atoms with Crippen molar-refractivity contribution in [1.29, 1.82) is 0 Å². The molecular formula is C9H9BrClN3O3S. The highest BCUT2D eigenvalue weighted by atomic mass is 79.9. The van der Waals surface area contributed by atoms with Crippen LogP contribution in [-0.4, -0.2) is 31.1 Å². The van der Waals surface area contributed by atoms with Crippen molar-refractivity contribution in [1.82, 2.24) is 4.98 Å². The van der Waals surface area contributed by atoms with Gasteiger partial charge in [0.25, 0.3) is 0 Å². The van der Waals surface area contributed by atoms with E-state index in [1.807, 2.05) is 0 Å². The lowest BCUT2D eigenvalue weighted by Gasteiger charge is -2.17. The Morgan fingerprint density at radius 3 is 2.78 bits per heavy atom. The minimum atomic E-state index is -3.74. The van der Waals surface area contributed by atoms with Gasteiger partial charge in [0.2, 0.25) is 15.9 Å². The molecule has 1 fully saturated rings. The van der Waals surface area contributed by atoms with Crippen molar-refractivity contribution < 1.29 is 13.2 Å². The molecule has 0 radical (unpaired) electrons. The van der Waals surface area contributed by atoms with Gasteiger partial charge in [-0.05, 0) is 22.0 Å². The molecule has 1 aliphatic heterocycles. The quantitative estimate of drug-likeness (QED) is 0.798. The number of aromatic nitrogens is 1. The second-order valence-electron chi connectivity index (χ2n) is 3.88. The van der Waals surface area contributed by atoms with E-state index in [0.29, 0.717) is 10.2 Å². The molecule has 18 heavy (non-hydrogen) atoms. The molecule has 0 aliphatic carbocycles. The molecule has 2 N–H and O–H groups in total. The molecule has 98 valence electrons. The predicted molar refractivity (Wildman–Crippen MR) is 70.8 cm³/mol. The van der Waals surface area contributed by atoms with Crippen molar-refractivity contribution in [2.45, 2.75) is 11.7 Å². The molecule has 1 atom stereocenters. The predicted octanol–water partition coefficient (Wildman–Crippen LogP) is 0.891. The van der Waals surface area contributed by atoms with E-state index in [0.717, 1.165) is 0 Å². The smallest absolute Gasteiger partial charge is 0.228 e. The van der Waals surface area contributed by atoms with Gasteiger partial charge in [-0.15, -0.1) is 0 Å². The van der Waals surface area contributed by atoms with E-state index in [-0.39, 0.29) is 24.0 Å². The lowest BCUT2D eigenvalue weighted by atomic mass is 10.4. The summed E-state index contributed by atoms with van der Waals surface area (Å²) in [7, 11) is -3.74. The van der Waals surface area contributed by atoms with Crippen molar-refractivity contribution in [2.24, 2.45) is 5.14 Å². The second-order valence-corrected chi connectivity index (χ2v) is 7.00. The maximum Gasteiger partial charge on any atom is 0.228 e. The Morgan fingerprint density at radius 1 is 1.56 bits per heavy atom. The molecule has 1 unspecified atom stereocenters. The number of carbonyl (C=O) groups is 1. The number of anilines is 1. The monoisotopic (exact) mass is 353 g/mol. The molecule has 1 aliphatic rings. The third-order valence-corrected chi connectivity index (χ3v) is 4.60. The van der Waals surface area contributed by atoms with Gasteiger partial charge in [-0.1, -0.05) is 11.6 Å². The summed E-state index contributed by atoms with van der Waals surface area (Å²) in [6.07, 6.45) is 1.35. The molecule has 1 saturated heterocycles. The molecule has 1 aromatic rings. The minimum Gasteiger partial charge on any atom is -0.308 e. The summed E-state index contributed by atoms with van der Waals surface area (Å²) in [5.41, 5.74) is 0.377. The van der Waals surface area contributed by atoms with Crippen LogP contribution in [0.3, 0.4) is 0 Å². The van der Waals surface area contributed by atoms with Gasteiger partial charge < -0.3 is 4.90 Å². The molecule has 0 saturated carbocycles. The Morgan fingerprint density at radius 2 is 2.22 bits per heavy atom. The number of carbonyl (C=O) groups excluding carboxylic acids is 1. The lowest BCUT2D eigenvalue weighted by molar-refractivity contribution is -0.117. The fourth-order valence-electron chi connectivity index (χ4n) is 1.73. The molecule has 6 nitrogen and oxygen atoms in total. The topological polar surface area (TPSA) is 93.4 Å². The van der Waals surface area contributed by atoms with Crippen LogP contribution < -0.4 is 10.0 Å². The van der Waals surface area contributed by atoms with Gasteiger partial charge in [0.15, 0.2) is 5.15 Å². The highest BCUT2D eigenvalue weighted by Crippen LogP contribution is 2.31. The Bertz CT molecular complexity index is 607. The number of amides is 1. The zero-order valence-electron chi connectivity index (χ0n) is 9.01. The summed E-state index contributed by atoms with van der Waals surface area (Å²) in [5.74, 6) is -0.337. The number of hydrogen-bond acceptors (Lipinski definition) is 4. The average molecular weight is 355 g/mol. The van der Waals surface area contributed by atoms with Crippen LogP contribution in [0.15, 0.2) is 16.7 Å². The number of nitrogens with two attached hydrogens (primary N) is 1. The first kappa shape index (κ1) is 13.7. The number of primary sulfonamides is 1. The summed E-state index contributed by atoms with van der Waals surface area (Å²) in [6, 6.07) is 1.61. The molecule has 2 rings (SSSR count). The molecule has 1 aromatic heterocycles. The van der Waals surface area contributed by atoms with Gasteiger partial charge in [0.05, 0.1) is 5.69 Å². The van der Waals surface area contributed by atoms with Crippen LogP contribution in [0.4, 0.5) is 5.69 Å². The van der Waals surface area contributed by atoms with E-state index >= 15 is 0 Å². The van der Waals surface area contributed by atoms with Crippen molar-refractivity contribution in [3.63, 3.8) is 0 Å². The summed E-state index contributed by atoms with van der Waals surface area (Å²) >= 11 is 9.11. The van der Waals surface area contributed by atoms with Gasteiger partial charge in [-0.25, -0.2) is 18.5 Å². The minimum absolute atomic E-state index is 0.00444. The SMILES string of the molecule is NS(=O)(=O)C1CC(=O)N(c2cc(Br)cnc2Cl)C1. The number of nitrogens with zero attached hydrogens (tertiary/aromatic N) is 2. The lowest BCUT2D eigenvalue weighted by Crippen LogP contribution is -2.32. The second kappa shape index (κ2) is 4.76. The van der Waals surface area contributed by atoms with E-state index in [1.54, 1.807) is 6.07 Å². The Balaban J connectivity index is 2.35. The van der Waals surface area contributed by atoms with Gasteiger partial charge >= 0.3 is 0 Å². The molecule has 9 heteroatoms. The highest BCUT2D eigenvalue weighted by molar-refractivity contribution is 9.10. The van der Waals surface area contributed by atoms with Gasteiger partial charge in [-0.3, -0.25) is 4.79 Å². The Labute approximate surface area is 117 Å². The van der Waals surface area contributed by atoms with E-state index in [9.17, 15) is 13.2 Å². The summed E-state index contributed by atoms with van der Waals surface area (Å²) in [5, 5.41) is 4.28. The molecule has 0 aromatic carbocycles. The largest absolute Gasteiger partial charge is 0.308 e. The van der Waals surface area contributed by atoms with Gasteiger partial charge in [-0.2, -0.15) is 0 Å². The van der Waals surface area contributed by atoms with E-state index in [4.69, 9.17) is 16.7 Å². The van der Waals surface area contributed by atoms with Crippen LogP contribution in [0.1, 0.15) is 6.42 Å². The summed E-state index contributed by atoms with van der Waals surface area (Å²) in [6.45, 7) is -0.00444. The third-order valence-electron chi connectivity index (χ3n) is 2.63. The number of pyridine rings is 1. The first-order valence-corrected chi connectivity index (χ1v) is 7.70. The van der Waals surface area contributed by atoms with Crippen LogP contribution in [-0.2, 0) is 14.8 Å². The molecule has 0 spiro atoms. The first-order chi connectivity index (χ1) is 8.29. The summed E-state index contributed by atoms with van der Waals surface area (Å²) < 4.78 is 23.1. The van der Waals surface area contributed by atoms with Crippen LogP contribution in [0.2, 0.25) is 5.15 Å². The normalized spacial score (nSPS) is 20.5. The van der Waals surface area contributed by atoms with Crippen molar-refractivity contribution >= 4 is 49.1 Å². The van der Waals surface area contributed by atoms with Crippen LogP contribution in [0, 0.1) is 0 Å². The average Bonchev–Trinajstić information content (AvgIpc) is 2.64. The molecule has 0 bridgehead atoms. The number of halogens is 2. The number of rotatable bonds is 2. The third kappa shape index (κ3) is 2.66. The highest BCUT2D eigenvalue weighted by Gasteiger charge is 2.38. The zero-order valence-corrected chi connectivity index (χ0v) is 12.2. The summed E-state index contributed by atoms with van der Waals surface area (Å²) in [4.78, 5) is 17.0. The first-order valence-electron chi connectivity index (χ1n) is 4.92. The fourth-order valence-corrected chi connectivity index (χ4v) is 2.99. The zero-order chi connectivity index (χ0) is 13.5. The van der Waals surface area contributed by atoms with Crippen molar-refractivity contribution in [2.75, 3.05) is 11.4 Å². The standard InChI is InChI=1S/C9H9BrClN3O3S/c10-5-1-7(9(11)13-3-5)14-4-6(2-8(14)15)18(12,16)17/h1,3,6H,2,4H2,(H2,12,16,17). The van der Waals surface area contributed by atoms with Gasteiger partial charge in [0, 0.05) is 23.6 Å². The van der Waals surface area contributed by atoms with E-state index in [2.05, 4.69) is 20.9 Å². The number of hydrogen-bond donors (Lipinski definition) is 1. The van der Waals surface area contributed by atoms with E-state index in [1.165, 1.54) is 11.1 Å². The number of sulfonamides is 1. The molecule has 2 heterocycles. The van der Waals surface area contributed by atoms with Crippen LogP contribution in [0.5, 0.6) is 0 Å². The van der Waals surface area contributed by atoms with E-state index < -0.39 is 15.3 Å². The van der Waals surface area contributed by atoms with Crippen LogP contribution in [0.25, 0.3) is 0 Å². The maximum atomic E-state index is 11.8. The Kier molecular flexibility index (Phi) is 3.63.